The van der Waals surface area contributed by atoms with Crippen molar-refractivity contribution in [3.05, 3.63) is 29.3 Å². The highest BCUT2D eigenvalue weighted by molar-refractivity contribution is 7.80. The van der Waals surface area contributed by atoms with Gasteiger partial charge in [0.15, 0.2) is 0 Å². The third-order valence-corrected chi connectivity index (χ3v) is 3.36. The van der Waals surface area contributed by atoms with Crippen LogP contribution in [-0.4, -0.2) is 12.4 Å². The number of thiol groups is 1. The standard InChI is InChI=1S/C14H22OS/c1-5-15-14-8-12(10(2)3)6-7-13(14)11(4)9-16/h6-8,10-11,16H,5,9H2,1-4H3. The molecule has 1 unspecified atom stereocenters. The number of hydrogen-bond donors (Lipinski definition) is 1. The Morgan fingerprint density at radius 2 is 1.94 bits per heavy atom. The second-order valence-electron chi connectivity index (χ2n) is 4.47. The van der Waals surface area contributed by atoms with Gasteiger partial charge in [0.05, 0.1) is 6.61 Å². The highest BCUT2D eigenvalue weighted by Gasteiger charge is 2.12. The predicted octanol–water partition coefficient (Wildman–Crippen LogP) is 4.24. The van der Waals surface area contributed by atoms with E-state index in [1.807, 2.05) is 6.92 Å². The van der Waals surface area contributed by atoms with Crippen molar-refractivity contribution in [1.29, 1.82) is 0 Å². The summed E-state index contributed by atoms with van der Waals surface area (Å²) in [6.07, 6.45) is 0. The van der Waals surface area contributed by atoms with Crippen molar-refractivity contribution < 1.29 is 4.74 Å². The van der Waals surface area contributed by atoms with Gasteiger partial charge in [0.2, 0.25) is 0 Å². The fourth-order valence-electron chi connectivity index (χ4n) is 1.70. The van der Waals surface area contributed by atoms with Gasteiger partial charge in [-0.05, 0) is 41.7 Å². The molecular formula is C14H22OS. The second-order valence-corrected chi connectivity index (χ2v) is 4.83. The first-order valence-electron chi connectivity index (χ1n) is 5.97. The van der Waals surface area contributed by atoms with E-state index in [0.717, 1.165) is 11.5 Å². The van der Waals surface area contributed by atoms with Gasteiger partial charge in [-0.25, -0.2) is 0 Å². The van der Waals surface area contributed by atoms with Crippen molar-refractivity contribution in [2.45, 2.75) is 39.5 Å². The highest BCUT2D eigenvalue weighted by Crippen LogP contribution is 2.30. The largest absolute Gasteiger partial charge is 0.494 e. The van der Waals surface area contributed by atoms with E-state index in [4.69, 9.17) is 4.74 Å². The molecule has 2 heteroatoms. The molecule has 0 N–H and O–H groups in total. The zero-order valence-electron chi connectivity index (χ0n) is 10.7. The molecule has 0 saturated heterocycles. The fraction of sp³-hybridized carbons (Fsp3) is 0.571. The minimum atomic E-state index is 0.436. The molecule has 1 aromatic rings. The Balaban J connectivity index is 3.08. The lowest BCUT2D eigenvalue weighted by Gasteiger charge is -2.17. The zero-order chi connectivity index (χ0) is 12.1. The van der Waals surface area contributed by atoms with Crippen molar-refractivity contribution in [1.82, 2.24) is 0 Å². The molecule has 0 saturated carbocycles. The quantitative estimate of drug-likeness (QED) is 0.755. The molecule has 0 aromatic heterocycles. The van der Waals surface area contributed by atoms with Crippen LogP contribution >= 0.6 is 12.6 Å². The third-order valence-electron chi connectivity index (χ3n) is 2.81. The van der Waals surface area contributed by atoms with Crippen molar-refractivity contribution >= 4 is 12.6 Å². The zero-order valence-corrected chi connectivity index (χ0v) is 11.6. The normalized spacial score (nSPS) is 12.9. The molecule has 0 aliphatic heterocycles. The average molecular weight is 238 g/mol. The summed E-state index contributed by atoms with van der Waals surface area (Å²) in [5, 5.41) is 0. The summed E-state index contributed by atoms with van der Waals surface area (Å²) >= 11 is 4.35. The van der Waals surface area contributed by atoms with Crippen LogP contribution in [0.15, 0.2) is 18.2 Å². The van der Waals surface area contributed by atoms with E-state index >= 15 is 0 Å². The van der Waals surface area contributed by atoms with E-state index in [2.05, 4.69) is 51.6 Å². The second kappa shape index (κ2) is 6.19. The summed E-state index contributed by atoms with van der Waals surface area (Å²) in [5.74, 6) is 2.85. The monoisotopic (exact) mass is 238 g/mol. The van der Waals surface area contributed by atoms with E-state index in [1.54, 1.807) is 0 Å². The first-order chi connectivity index (χ1) is 7.60. The Kier molecular flexibility index (Phi) is 5.20. The van der Waals surface area contributed by atoms with Gasteiger partial charge in [-0.15, -0.1) is 0 Å². The van der Waals surface area contributed by atoms with Crippen molar-refractivity contribution in [3.63, 3.8) is 0 Å². The van der Waals surface area contributed by atoms with Crippen LogP contribution in [0.1, 0.15) is 50.7 Å². The molecule has 90 valence electrons. The summed E-state index contributed by atoms with van der Waals surface area (Å²) in [5.41, 5.74) is 2.60. The smallest absolute Gasteiger partial charge is 0.123 e. The molecular weight excluding hydrogens is 216 g/mol. The average Bonchev–Trinajstić information content (AvgIpc) is 2.28. The number of hydrogen-bond acceptors (Lipinski definition) is 2. The maximum absolute atomic E-state index is 5.72. The summed E-state index contributed by atoms with van der Waals surface area (Å²) < 4.78 is 5.72. The van der Waals surface area contributed by atoms with E-state index in [9.17, 15) is 0 Å². The van der Waals surface area contributed by atoms with Crippen LogP contribution in [0, 0.1) is 0 Å². The summed E-state index contributed by atoms with van der Waals surface area (Å²) in [6, 6.07) is 6.55. The molecule has 0 aliphatic carbocycles. The number of benzene rings is 1. The first kappa shape index (κ1) is 13.4. The van der Waals surface area contributed by atoms with Crippen molar-refractivity contribution in [2.24, 2.45) is 0 Å². The molecule has 0 radical (unpaired) electrons. The number of ether oxygens (including phenoxy) is 1. The number of rotatable bonds is 5. The lowest BCUT2D eigenvalue weighted by molar-refractivity contribution is 0.335. The van der Waals surface area contributed by atoms with Gasteiger partial charge < -0.3 is 4.74 Å². The summed E-state index contributed by atoms with van der Waals surface area (Å²) in [6.45, 7) is 9.32. The van der Waals surface area contributed by atoms with Gasteiger partial charge >= 0.3 is 0 Å². The molecule has 0 bridgehead atoms. The minimum Gasteiger partial charge on any atom is -0.494 e. The van der Waals surface area contributed by atoms with Gasteiger partial charge in [0.1, 0.15) is 5.75 Å². The summed E-state index contributed by atoms with van der Waals surface area (Å²) in [4.78, 5) is 0. The Morgan fingerprint density at radius 3 is 2.44 bits per heavy atom. The Morgan fingerprint density at radius 1 is 1.25 bits per heavy atom. The Hall–Kier alpha value is -0.630. The van der Waals surface area contributed by atoms with Gasteiger partial charge in [-0.3, -0.25) is 0 Å². The SMILES string of the molecule is CCOc1cc(C(C)C)ccc1C(C)CS. The van der Waals surface area contributed by atoms with Crippen molar-refractivity contribution in [2.75, 3.05) is 12.4 Å². The highest BCUT2D eigenvalue weighted by atomic mass is 32.1. The van der Waals surface area contributed by atoms with Crippen molar-refractivity contribution in [3.8, 4) is 5.75 Å². The first-order valence-corrected chi connectivity index (χ1v) is 6.60. The molecule has 1 aromatic carbocycles. The Bertz CT molecular complexity index is 334. The van der Waals surface area contributed by atoms with Crippen LogP contribution < -0.4 is 4.74 Å². The molecule has 0 aliphatic rings. The van der Waals surface area contributed by atoms with E-state index in [1.165, 1.54) is 11.1 Å². The molecule has 0 heterocycles. The fourth-order valence-corrected chi connectivity index (χ4v) is 1.89. The lowest BCUT2D eigenvalue weighted by atomic mass is 9.96. The lowest BCUT2D eigenvalue weighted by Crippen LogP contribution is -2.03. The molecule has 1 nitrogen and oxygen atoms in total. The van der Waals surface area contributed by atoms with Crippen LogP contribution in [0.4, 0.5) is 0 Å². The van der Waals surface area contributed by atoms with Crippen LogP contribution in [0.3, 0.4) is 0 Å². The Labute approximate surface area is 105 Å². The van der Waals surface area contributed by atoms with Gasteiger partial charge in [-0.2, -0.15) is 12.6 Å². The molecule has 0 amide bonds. The van der Waals surface area contributed by atoms with Crippen LogP contribution in [0.5, 0.6) is 5.75 Å². The molecule has 16 heavy (non-hydrogen) atoms. The molecule has 1 atom stereocenters. The predicted molar refractivity (Wildman–Crippen MR) is 74.0 cm³/mol. The van der Waals surface area contributed by atoms with Gasteiger partial charge in [0.25, 0.3) is 0 Å². The molecule has 0 fully saturated rings. The van der Waals surface area contributed by atoms with E-state index in [0.29, 0.717) is 18.4 Å². The minimum absolute atomic E-state index is 0.436. The maximum Gasteiger partial charge on any atom is 0.123 e. The van der Waals surface area contributed by atoms with Gasteiger partial charge in [0, 0.05) is 0 Å². The van der Waals surface area contributed by atoms with E-state index < -0.39 is 0 Å². The summed E-state index contributed by atoms with van der Waals surface area (Å²) in [7, 11) is 0. The van der Waals surface area contributed by atoms with Gasteiger partial charge in [-0.1, -0.05) is 32.9 Å². The third kappa shape index (κ3) is 3.18. The van der Waals surface area contributed by atoms with E-state index in [-0.39, 0.29) is 0 Å². The topological polar surface area (TPSA) is 9.23 Å². The van der Waals surface area contributed by atoms with Crippen LogP contribution in [-0.2, 0) is 0 Å². The van der Waals surface area contributed by atoms with Crippen LogP contribution in [0.2, 0.25) is 0 Å². The van der Waals surface area contributed by atoms with Crippen LogP contribution in [0.25, 0.3) is 0 Å². The molecule has 0 spiro atoms. The maximum atomic E-state index is 5.72. The molecule has 1 rings (SSSR count).